The Morgan fingerprint density at radius 2 is 1.22 bits per heavy atom. The van der Waals surface area contributed by atoms with Gasteiger partial charge < -0.3 is 14.0 Å². The number of hydrogen-bond acceptors (Lipinski definition) is 3. The maximum Gasteiger partial charge on any atom is 0.217 e. The highest BCUT2D eigenvalue weighted by Crippen LogP contribution is 2.41. The minimum Gasteiger partial charge on any atom is -0.412 e. The fourth-order valence-corrected chi connectivity index (χ4v) is 14.3. The van der Waals surface area contributed by atoms with E-state index in [1.54, 1.807) is 0 Å². The molecule has 0 aliphatic rings. The summed E-state index contributed by atoms with van der Waals surface area (Å²) in [7, 11) is -5.79. The molecule has 0 aromatic heterocycles. The molecule has 0 radical (unpaired) electrons. The fourth-order valence-electron chi connectivity index (χ4n) is 3.86. The standard InChI is InChI=1S/C21H48O3Si3/c1-14-20(6,26(10,11)18-17-19(4,5)22)23-27(12,13)21(15-2,16-3)24-25(7,8)9/h17-18,22H,14-16H2,1-13H3/t20-/m0/s1. The molecule has 0 aliphatic heterocycles. The molecule has 0 saturated heterocycles. The molecule has 0 unspecified atom stereocenters. The summed E-state index contributed by atoms with van der Waals surface area (Å²) < 4.78 is 14.0. The topological polar surface area (TPSA) is 38.7 Å². The van der Waals surface area contributed by atoms with Crippen LogP contribution in [0.5, 0.6) is 0 Å². The lowest BCUT2D eigenvalue weighted by Gasteiger charge is -2.53. The zero-order chi connectivity index (χ0) is 21.9. The second-order valence-corrected chi connectivity index (χ2v) is 24.2. The third-order valence-electron chi connectivity index (χ3n) is 6.17. The summed E-state index contributed by atoms with van der Waals surface area (Å²) in [6.07, 6.45) is 4.91. The van der Waals surface area contributed by atoms with Crippen LogP contribution in [0.1, 0.15) is 60.8 Å². The third kappa shape index (κ3) is 7.23. The molecule has 0 amide bonds. The van der Waals surface area contributed by atoms with E-state index in [1.165, 1.54) is 0 Å². The Labute approximate surface area is 173 Å². The van der Waals surface area contributed by atoms with Crippen molar-refractivity contribution in [1.29, 1.82) is 0 Å². The van der Waals surface area contributed by atoms with E-state index in [0.29, 0.717) is 0 Å². The van der Waals surface area contributed by atoms with Gasteiger partial charge in [0.15, 0.2) is 8.32 Å². The van der Waals surface area contributed by atoms with Crippen LogP contribution in [0, 0.1) is 0 Å². The van der Waals surface area contributed by atoms with Gasteiger partial charge in [-0.1, -0.05) is 45.6 Å². The van der Waals surface area contributed by atoms with Gasteiger partial charge in [0.1, 0.15) is 8.07 Å². The minimum absolute atomic E-state index is 0.154. The Morgan fingerprint density at radius 3 is 1.52 bits per heavy atom. The van der Waals surface area contributed by atoms with Crippen LogP contribution in [-0.2, 0) is 8.85 Å². The highest BCUT2D eigenvalue weighted by atomic mass is 28.4. The number of aliphatic hydroxyl groups is 1. The lowest BCUT2D eigenvalue weighted by Crippen LogP contribution is -2.67. The van der Waals surface area contributed by atoms with Crippen molar-refractivity contribution in [2.75, 3.05) is 0 Å². The lowest BCUT2D eigenvalue weighted by atomic mass is 10.1. The Bertz CT molecular complexity index is 498. The maximum absolute atomic E-state index is 10.2. The second kappa shape index (κ2) is 8.96. The summed E-state index contributed by atoms with van der Waals surface area (Å²) in [5.41, 5.74) is 1.48. The summed E-state index contributed by atoms with van der Waals surface area (Å²) in [6, 6.07) is 0. The van der Waals surface area contributed by atoms with Crippen molar-refractivity contribution in [2.24, 2.45) is 0 Å². The quantitative estimate of drug-likeness (QED) is 0.382. The van der Waals surface area contributed by atoms with Crippen LogP contribution in [0.3, 0.4) is 0 Å². The van der Waals surface area contributed by atoms with E-state index in [-0.39, 0.29) is 10.4 Å². The molecule has 0 aliphatic carbocycles. The van der Waals surface area contributed by atoms with Crippen LogP contribution in [-0.4, -0.2) is 45.9 Å². The number of rotatable bonds is 11. The highest BCUT2D eigenvalue weighted by Gasteiger charge is 2.54. The lowest BCUT2D eigenvalue weighted by molar-refractivity contribution is 0.0633. The molecule has 0 heterocycles. The molecule has 162 valence electrons. The van der Waals surface area contributed by atoms with Crippen molar-refractivity contribution < 1.29 is 14.0 Å². The summed E-state index contributed by atoms with van der Waals surface area (Å²) in [5.74, 6) is 0. The SMILES string of the molecule is CCC(CC)(O[Si](C)(C)C)[Si](C)(C)O[C@](C)(CC)[Si](C)(C)C=CC(C)(C)O. The van der Waals surface area contributed by atoms with Crippen molar-refractivity contribution in [3.8, 4) is 0 Å². The van der Waals surface area contributed by atoms with Gasteiger partial charge in [0, 0.05) is 5.22 Å². The Hall–Kier alpha value is 0.271. The van der Waals surface area contributed by atoms with Crippen LogP contribution >= 0.6 is 0 Å². The van der Waals surface area contributed by atoms with Crippen LogP contribution in [0.4, 0.5) is 0 Å². The smallest absolute Gasteiger partial charge is 0.217 e. The summed E-state index contributed by atoms with van der Waals surface area (Å²) in [5, 5.41) is 9.83. The molecule has 0 aromatic rings. The average Bonchev–Trinajstić information content (AvgIpc) is 2.48. The first kappa shape index (κ1) is 27.3. The normalized spacial score (nSPS) is 17.4. The van der Waals surface area contributed by atoms with Crippen LogP contribution in [0.2, 0.25) is 45.8 Å². The summed E-state index contributed by atoms with van der Waals surface area (Å²) in [6.45, 7) is 28.9. The molecular formula is C21H48O3Si3. The van der Waals surface area contributed by atoms with Crippen LogP contribution < -0.4 is 0 Å². The van der Waals surface area contributed by atoms with Crippen molar-refractivity contribution in [1.82, 2.24) is 0 Å². The van der Waals surface area contributed by atoms with Gasteiger partial charge in [0.05, 0.1) is 10.8 Å². The van der Waals surface area contributed by atoms with Crippen molar-refractivity contribution in [3.63, 3.8) is 0 Å². The zero-order valence-corrected chi connectivity index (χ0v) is 23.5. The molecule has 27 heavy (non-hydrogen) atoms. The zero-order valence-electron chi connectivity index (χ0n) is 20.5. The predicted octanol–water partition coefficient (Wildman–Crippen LogP) is 6.44. The number of hydrogen-bond donors (Lipinski definition) is 1. The third-order valence-corrected chi connectivity index (χ3v) is 15.7. The largest absolute Gasteiger partial charge is 0.412 e. The molecule has 1 N–H and O–H groups in total. The first-order chi connectivity index (χ1) is 11.8. The van der Waals surface area contributed by atoms with Gasteiger partial charge in [-0.15, -0.1) is 0 Å². The molecule has 0 fully saturated rings. The molecule has 6 heteroatoms. The molecule has 1 atom stereocenters. The van der Waals surface area contributed by atoms with E-state index < -0.39 is 30.3 Å². The van der Waals surface area contributed by atoms with Crippen molar-refractivity contribution in [3.05, 3.63) is 11.8 Å². The highest BCUT2D eigenvalue weighted by molar-refractivity contribution is 6.86. The van der Waals surface area contributed by atoms with Gasteiger partial charge in [-0.3, -0.25) is 0 Å². The van der Waals surface area contributed by atoms with Gasteiger partial charge in [-0.05, 0) is 72.8 Å². The van der Waals surface area contributed by atoms with E-state index in [9.17, 15) is 5.11 Å². The summed E-state index contributed by atoms with van der Waals surface area (Å²) >= 11 is 0. The Kier molecular flexibility index (Phi) is 9.05. The van der Waals surface area contributed by atoms with E-state index in [1.807, 2.05) is 19.9 Å². The van der Waals surface area contributed by atoms with Crippen molar-refractivity contribution >= 4 is 24.7 Å². The first-order valence-electron chi connectivity index (χ1n) is 10.6. The average molecular weight is 433 g/mol. The Morgan fingerprint density at radius 1 is 0.778 bits per heavy atom. The molecule has 0 spiro atoms. The molecule has 0 bridgehead atoms. The molecule has 3 nitrogen and oxygen atoms in total. The van der Waals surface area contributed by atoms with Crippen LogP contribution in [0.15, 0.2) is 11.8 Å². The van der Waals surface area contributed by atoms with E-state index >= 15 is 0 Å². The molecule has 0 rings (SSSR count). The predicted molar refractivity (Wildman–Crippen MR) is 128 cm³/mol. The molecule has 0 saturated carbocycles. The van der Waals surface area contributed by atoms with E-state index in [2.05, 4.69) is 79.2 Å². The molecular weight excluding hydrogens is 384 g/mol. The first-order valence-corrected chi connectivity index (χ1v) is 20.0. The maximum atomic E-state index is 10.2. The molecule has 0 aromatic carbocycles. The Balaban J connectivity index is 6.01. The van der Waals surface area contributed by atoms with Gasteiger partial charge in [-0.25, -0.2) is 0 Å². The summed E-state index contributed by atoms with van der Waals surface area (Å²) in [4.78, 5) is 0. The van der Waals surface area contributed by atoms with Crippen LogP contribution in [0.25, 0.3) is 0 Å². The van der Waals surface area contributed by atoms with E-state index in [0.717, 1.165) is 19.3 Å². The van der Waals surface area contributed by atoms with Gasteiger partial charge >= 0.3 is 0 Å². The fraction of sp³-hybridized carbons (Fsp3) is 0.905. The van der Waals surface area contributed by atoms with E-state index in [4.69, 9.17) is 8.85 Å². The second-order valence-electron chi connectivity index (χ2n) is 10.8. The van der Waals surface area contributed by atoms with Gasteiger partial charge in [0.25, 0.3) is 0 Å². The van der Waals surface area contributed by atoms with Crippen molar-refractivity contribution in [2.45, 2.75) is 123 Å². The van der Waals surface area contributed by atoms with Gasteiger partial charge in [0.2, 0.25) is 8.32 Å². The monoisotopic (exact) mass is 432 g/mol. The van der Waals surface area contributed by atoms with Gasteiger partial charge in [-0.2, -0.15) is 0 Å². The minimum atomic E-state index is -2.18.